The van der Waals surface area contributed by atoms with Gasteiger partial charge in [0.25, 0.3) is 0 Å². The molecule has 0 atom stereocenters. The Morgan fingerprint density at radius 2 is 0.743 bits per heavy atom. The van der Waals surface area contributed by atoms with Gasteiger partial charge in [0.05, 0.1) is 0 Å². The summed E-state index contributed by atoms with van der Waals surface area (Å²) in [5.74, 6) is 0. The number of unbranched alkanes of at least 4 members (excludes halogenated alkanes) is 6. The van der Waals surface area contributed by atoms with Crippen molar-refractivity contribution in [1.82, 2.24) is 0 Å². The number of benzene rings is 9. The fourth-order valence-corrected chi connectivity index (χ4v) is 12.6. The highest BCUT2D eigenvalue weighted by molar-refractivity contribution is 5.88. The Hall–Kier alpha value is -7.42. The molecule has 2 nitrogen and oxygen atoms in total. The highest BCUT2D eigenvalue weighted by Crippen LogP contribution is 2.56. The maximum absolute atomic E-state index is 2.60. The van der Waals surface area contributed by atoms with Crippen molar-refractivity contribution in [3.8, 4) is 44.5 Å². The Labute approximate surface area is 441 Å². The van der Waals surface area contributed by atoms with E-state index in [1.54, 1.807) is 5.56 Å². The molecule has 0 aliphatic heterocycles. The summed E-state index contributed by atoms with van der Waals surface area (Å²) in [6, 6.07) is 76.4. The third-order valence-corrected chi connectivity index (χ3v) is 16.9. The number of rotatable bonds is 19. The molecule has 9 aromatic rings. The van der Waals surface area contributed by atoms with Gasteiger partial charge in [-0.1, -0.05) is 198 Å². The molecule has 3 aliphatic carbocycles. The van der Waals surface area contributed by atoms with Gasteiger partial charge in [-0.2, -0.15) is 0 Å². The van der Waals surface area contributed by atoms with Crippen molar-refractivity contribution >= 4 is 34.1 Å². The van der Waals surface area contributed by atoms with Gasteiger partial charge in [-0.15, -0.1) is 0 Å². The molecular weight excluding hydrogens is 893 g/mol. The van der Waals surface area contributed by atoms with Gasteiger partial charge in [0.15, 0.2) is 0 Å². The Balaban J connectivity index is 0.915. The van der Waals surface area contributed by atoms with E-state index in [9.17, 15) is 0 Å². The molecule has 0 fully saturated rings. The number of nitrogens with zero attached hydrogens (tertiary/aromatic N) is 2. The highest BCUT2D eigenvalue weighted by atomic mass is 15.1. The SMILES string of the molecule is CCCCCCC1(CCCCCC)c2cc(C)ccc2-c2ccc(N(c3ccc(-c4ccc(N(c5ccccc5)c5cccc(-c6ccc7c(c6)CC7)c5)cc4)cc3)c3cccc(-c4ccc5c(c4)CC5)c3)cc21. The summed E-state index contributed by atoms with van der Waals surface area (Å²) < 4.78 is 0. The Morgan fingerprint density at radius 3 is 1.24 bits per heavy atom. The van der Waals surface area contributed by atoms with Crippen LogP contribution in [-0.4, -0.2) is 0 Å². The number of anilines is 6. The Morgan fingerprint density at radius 1 is 0.324 bits per heavy atom. The van der Waals surface area contributed by atoms with E-state index in [4.69, 9.17) is 0 Å². The number of fused-ring (bicyclic) bond motifs is 5. The summed E-state index contributed by atoms with van der Waals surface area (Å²) in [6.45, 7) is 6.95. The van der Waals surface area contributed by atoms with Crippen LogP contribution in [0.2, 0.25) is 0 Å². The standard InChI is InChI=1S/C72H70N2/c1-4-6-8-13-43-72(44-14-9-7-5-2)70-45-51(3)23-41-68(70)69-42-40-67(50-71(69)72)74(66-22-16-18-57(49-66)61-31-27-55-25-29-59(55)47-61)64-38-34-53(35-39-64)52-32-36-63(37-33-52)73(62-19-11-10-12-20-62)65-21-15-17-56(48-65)60-30-26-54-24-28-58(54)46-60/h10-12,15-23,26-27,30-42,45-50H,4-9,13-14,24-25,28-29,43-44H2,1-3H3. The van der Waals surface area contributed by atoms with E-state index in [1.807, 2.05) is 0 Å². The van der Waals surface area contributed by atoms with E-state index in [0.717, 1.165) is 22.7 Å². The third-order valence-electron chi connectivity index (χ3n) is 16.9. The molecule has 0 bridgehead atoms. The van der Waals surface area contributed by atoms with E-state index < -0.39 is 0 Å². The van der Waals surface area contributed by atoms with Gasteiger partial charge >= 0.3 is 0 Å². The molecule has 3 aliphatic rings. The van der Waals surface area contributed by atoms with E-state index in [1.165, 1.54) is 179 Å². The van der Waals surface area contributed by atoms with Crippen LogP contribution in [-0.2, 0) is 31.1 Å². The molecule has 0 N–H and O–H groups in total. The summed E-state index contributed by atoms with van der Waals surface area (Å²) in [7, 11) is 0. The molecule has 0 aromatic heterocycles. The molecule has 0 saturated carbocycles. The maximum Gasteiger partial charge on any atom is 0.0467 e. The zero-order valence-electron chi connectivity index (χ0n) is 43.8. The van der Waals surface area contributed by atoms with E-state index in [2.05, 4.69) is 231 Å². The van der Waals surface area contributed by atoms with Gasteiger partial charge in [-0.25, -0.2) is 0 Å². The van der Waals surface area contributed by atoms with Crippen LogP contribution in [0.3, 0.4) is 0 Å². The molecular formula is C72H70N2. The maximum atomic E-state index is 2.60. The minimum absolute atomic E-state index is 0.00901. The molecule has 0 saturated heterocycles. The highest BCUT2D eigenvalue weighted by Gasteiger charge is 2.43. The van der Waals surface area contributed by atoms with E-state index in [-0.39, 0.29) is 5.41 Å². The second kappa shape index (κ2) is 20.8. The average Bonchev–Trinajstić information content (AvgIpc) is 3.70. The quantitative estimate of drug-likeness (QED) is 0.0745. The Bertz CT molecular complexity index is 3420. The van der Waals surface area contributed by atoms with Crippen LogP contribution in [0.15, 0.2) is 200 Å². The topological polar surface area (TPSA) is 6.48 Å². The lowest BCUT2D eigenvalue weighted by molar-refractivity contribution is 0.401. The van der Waals surface area contributed by atoms with Crippen molar-refractivity contribution in [2.75, 3.05) is 9.80 Å². The third kappa shape index (κ3) is 9.19. The largest absolute Gasteiger partial charge is 0.310 e. The number of hydrogen-bond acceptors (Lipinski definition) is 2. The molecule has 0 radical (unpaired) electrons. The van der Waals surface area contributed by atoms with Crippen LogP contribution in [0.1, 0.15) is 117 Å². The molecule has 368 valence electrons. The molecule has 12 rings (SSSR count). The van der Waals surface area contributed by atoms with Crippen LogP contribution in [0, 0.1) is 6.92 Å². The van der Waals surface area contributed by atoms with Gasteiger partial charge in [0.2, 0.25) is 0 Å². The monoisotopic (exact) mass is 963 g/mol. The van der Waals surface area contributed by atoms with E-state index >= 15 is 0 Å². The molecule has 0 spiro atoms. The summed E-state index contributed by atoms with van der Waals surface area (Å²) in [6.07, 6.45) is 17.3. The summed E-state index contributed by atoms with van der Waals surface area (Å²) in [5, 5.41) is 0. The summed E-state index contributed by atoms with van der Waals surface area (Å²) >= 11 is 0. The zero-order valence-corrected chi connectivity index (χ0v) is 43.8. The number of aryl methyl sites for hydroxylation is 5. The predicted octanol–water partition coefficient (Wildman–Crippen LogP) is 20.3. The first-order valence-electron chi connectivity index (χ1n) is 28.0. The molecule has 0 heterocycles. The fraction of sp³-hybridized carbons (Fsp3) is 0.250. The van der Waals surface area contributed by atoms with Gasteiger partial charge in [-0.05, 0) is 196 Å². The zero-order chi connectivity index (χ0) is 50.0. The predicted molar refractivity (Wildman–Crippen MR) is 315 cm³/mol. The first-order valence-corrected chi connectivity index (χ1v) is 28.0. The summed E-state index contributed by atoms with van der Waals surface area (Å²) in [5.41, 5.74) is 27.7. The van der Waals surface area contributed by atoms with Crippen LogP contribution in [0.5, 0.6) is 0 Å². The molecule has 0 amide bonds. The van der Waals surface area contributed by atoms with Crippen molar-refractivity contribution < 1.29 is 0 Å². The molecule has 2 heteroatoms. The smallest absolute Gasteiger partial charge is 0.0467 e. The molecule has 9 aromatic carbocycles. The lowest BCUT2D eigenvalue weighted by Gasteiger charge is -2.34. The van der Waals surface area contributed by atoms with Crippen LogP contribution in [0.4, 0.5) is 34.1 Å². The number of hydrogen-bond donors (Lipinski definition) is 0. The minimum atomic E-state index is -0.00901. The second-order valence-corrected chi connectivity index (χ2v) is 21.7. The van der Waals surface area contributed by atoms with Crippen molar-refractivity contribution in [2.24, 2.45) is 0 Å². The van der Waals surface area contributed by atoms with Crippen molar-refractivity contribution in [2.45, 2.75) is 116 Å². The Kier molecular flexibility index (Phi) is 13.4. The fourth-order valence-electron chi connectivity index (χ4n) is 12.6. The second-order valence-electron chi connectivity index (χ2n) is 21.7. The first-order chi connectivity index (χ1) is 36.5. The first kappa shape index (κ1) is 47.6. The van der Waals surface area contributed by atoms with Crippen molar-refractivity contribution in [3.63, 3.8) is 0 Å². The van der Waals surface area contributed by atoms with Crippen LogP contribution in [0.25, 0.3) is 44.5 Å². The minimum Gasteiger partial charge on any atom is -0.310 e. The van der Waals surface area contributed by atoms with Crippen molar-refractivity contribution in [1.29, 1.82) is 0 Å². The van der Waals surface area contributed by atoms with Gasteiger partial charge < -0.3 is 9.80 Å². The van der Waals surface area contributed by atoms with Crippen LogP contribution >= 0.6 is 0 Å². The van der Waals surface area contributed by atoms with Crippen LogP contribution < -0.4 is 9.80 Å². The van der Waals surface area contributed by atoms with Gasteiger partial charge in [-0.3, -0.25) is 0 Å². The average molecular weight is 963 g/mol. The van der Waals surface area contributed by atoms with E-state index in [0.29, 0.717) is 0 Å². The van der Waals surface area contributed by atoms with Crippen molar-refractivity contribution in [3.05, 3.63) is 239 Å². The molecule has 74 heavy (non-hydrogen) atoms. The van der Waals surface area contributed by atoms with Gasteiger partial charge in [0.1, 0.15) is 0 Å². The summed E-state index contributed by atoms with van der Waals surface area (Å²) in [4.78, 5) is 4.91. The molecule has 0 unspecified atom stereocenters. The lowest BCUT2D eigenvalue weighted by atomic mass is 9.70. The normalized spacial score (nSPS) is 13.5. The van der Waals surface area contributed by atoms with Gasteiger partial charge in [0, 0.05) is 39.5 Å². The number of para-hydroxylation sites is 1. The lowest BCUT2D eigenvalue weighted by Crippen LogP contribution is -2.26.